The van der Waals surface area contributed by atoms with Gasteiger partial charge in [-0.1, -0.05) is 23.2 Å². The van der Waals surface area contributed by atoms with Crippen LogP contribution in [-0.2, 0) is 14.6 Å². The number of carbonyl (C=O) groups is 2. The molecule has 0 fully saturated rings. The molecule has 0 saturated carbocycles. The highest BCUT2D eigenvalue weighted by atomic mass is 35.5. The van der Waals surface area contributed by atoms with E-state index in [9.17, 15) is 18.0 Å². The van der Waals surface area contributed by atoms with Crippen molar-refractivity contribution in [3.05, 3.63) is 76.0 Å². The Balaban J connectivity index is 1.83. The molecule has 0 aliphatic carbocycles. The molecule has 0 radical (unpaired) electrons. The average Bonchev–Trinajstić information content (AvgIpc) is 2.78. The molecule has 0 aliphatic heterocycles. The molecule has 0 saturated heterocycles. The van der Waals surface area contributed by atoms with Gasteiger partial charge in [-0.3, -0.25) is 14.8 Å². The second-order valence-electron chi connectivity index (χ2n) is 6.71. The third-order valence-corrected chi connectivity index (χ3v) is 6.04. The predicted molar refractivity (Wildman–Crippen MR) is 124 cm³/mol. The molecule has 1 aromatic heterocycles. The Bertz CT molecular complexity index is 1360. The molecule has 9 nitrogen and oxygen atoms in total. The topological polar surface area (TPSA) is 138 Å². The lowest BCUT2D eigenvalue weighted by Gasteiger charge is -2.10. The molecule has 2 amide bonds. The first kappa shape index (κ1) is 24.3. The van der Waals surface area contributed by atoms with Gasteiger partial charge in [0, 0.05) is 41.5 Å². The van der Waals surface area contributed by atoms with Crippen LogP contribution in [0.2, 0.25) is 10.0 Å². The van der Waals surface area contributed by atoms with Crippen molar-refractivity contribution in [3.63, 3.8) is 0 Å². The van der Waals surface area contributed by atoms with E-state index in [2.05, 4.69) is 15.3 Å². The number of hydrogen-bond donors (Lipinski definition) is 3. The first-order valence-corrected chi connectivity index (χ1v) is 11.8. The summed E-state index contributed by atoms with van der Waals surface area (Å²) in [6.07, 6.45) is 6.47. The summed E-state index contributed by atoms with van der Waals surface area (Å²) < 4.78 is 23.3. The number of benzene rings is 2. The van der Waals surface area contributed by atoms with Gasteiger partial charge in [-0.2, -0.15) is 0 Å². The first-order valence-electron chi connectivity index (χ1n) is 9.13. The molecule has 0 bridgehead atoms. The molecule has 33 heavy (non-hydrogen) atoms. The number of amides is 2. The summed E-state index contributed by atoms with van der Waals surface area (Å²) in [7, 11) is -3.46. The Morgan fingerprint density at radius 1 is 1.03 bits per heavy atom. The van der Waals surface area contributed by atoms with Crippen LogP contribution in [0.3, 0.4) is 0 Å². The monoisotopic (exact) mass is 506 g/mol. The van der Waals surface area contributed by atoms with Crippen LogP contribution < -0.4 is 10.8 Å². The molecular weight excluding hydrogens is 491 g/mol. The van der Waals surface area contributed by atoms with Crippen LogP contribution in [0.25, 0.3) is 17.5 Å². The number of nitrogens with one attached hydrogen (secondary N) is 2. The third kappa shape index (κ3) is 6.14. The number of nitrogens with zero attached hydrogens (tertiary/aromatic N) is 2. The van der Waals surface area contributed by atoms with E-state index in [0.29, 0.717) is 21.8 Å². The maximum absolute atomic E-state index is 12.7. The van der Waals surface area contributed by atoms with E-state index in [1.54, 1.807) is 18.2 Å². The van der Waals surface area contributed by atoms with Crippen LogP contribution in [0.4, 0.5) is 5.69 Å². The van der Waals surface area contributed by atoms with E-state index >= 15 is 0 Å². The molecule has 0 spiro atoms. The number of anilines is 1. The van der Waals surface area contributed by atoms with Crippen molar-refractivity contribution in [1.29, 1.82) is 0 Å². The minimum Gasteiger partial charge on any atom is -0.322 e. The Kier molecular flexibility index (Phi) is 7.44. The van der Waals surface area contributed by atoms with Crippen LogP contribution >= 0.6 is 23.2 Å². The summed E-state index contributed by atoms with van der Waals surface area (Å²) in [6, 6.07) is 8.56. The van der Waals surface area contributed by atoms with Gasteiger partial charge in [0.15, 0.2) is 15.7 Å². The van der Waals surface area contributed by atoms with Crippen LogP contribution in [-0.4, -0.2) is 41.7 Å². The van der Waals surface area contributed by atoms with Crippen molar-refractivity contribution in [1.82, 2.24) is 15.4 Å². The fourth-order valence-corrected chi connectivity index (χ4v) is 3.84. The molecule has 12 heteroatoms. The van der Waals surface area contributed by atoms with Gasteiger partial charge in [0.25, 0.3) is 11.8 Å². The number of rotatable bonds is 6. The van der Waals surface area contributed by atoms with E-state index in [1.807, 2.05) is 0 Å². The fourth-order valence-electron chi connectivity index (χ4n) is 2.66. The normalized spacial score (nSPS) is 11.4. The molecule has 3 rings (SSSR count). The van der Waals surface area contributed by atoms with Crippen molar-refractivity contribution in [2.45, 2.75) is 4.90 Å². The second-order valence-corrected chi connectivity index (χ2v) is 9.54. The van der Waals surface area contributed by atoms with E-state index in [4.69, 9.17) is 28.4 Å². The maximum atomic E-state index is 12.7. The maximum Gasteiger partial charge on any atom is 0.267 e. The van der Waals surface area contributed by atoms with Gasteiger partial charge in [0.1, 0.15) is 0 Å². The molecule has 3 aromatic rings. The van der Waals surface area contributed by atoms with Crippen LogP contribution in [0, 0.1) is 0 Å². The summed E-state index contributed by atoms with van der Waals surface area (Å²) in [4.78, 5) is 32.1. The number of hydrogen-bond acceptors (Lipinski definition) is 7. The molecule has 3 N–H and O–H groups in total. The van der Waals surface area contributed by atoms with Gasteiger partial charge in [-0.05, 0) is 42.5 Å². The third-order valence-electron chi connectivity index (χ3n) is 4.29. The standard InChI is InChI=1S/C21H16Cl2N4O5S/c1-33(31,32)14-4-5-15(18(23)9-14)21(29)26-13-3-6-17(22)16(8-13)20-24-10-12(11-25-20)2-7-19(28)27-30/h2-11,30H,1H3,(H,26,29)(H,27,28)/b7-2+. The largest absolute Gasteiger partial charge is 0.322 e. The number of halogens is 2. The van der Waals surface area contributed by atoms with E-state index in [-0.39, 0.29) is 21.3 Å². The van der Waals surface area contributed by atoms with Crippen molar-refractivity contribution in [2.24, 2.45) is 0 Å². The average molecular weight is 507 g/mol. The highest BCUT2D eigenvalue weighted by molar-refractivity contribution is 7.90. The van der Waals surface area contributed by atoms with E-state index in [1.165, 1.54) is 42.1 Å². The number of aromatic nitrogens is 2. The molecule has 170 valence electrons. The van der Waals surface area contributed by atoms with Gasteiger partial charge >= 0.3 is 0 Å². The molecular formula is C21H16Cl2N4O5S. The smallest absolute Gasteiger partial charge is 0.267 e. The summed E-state index contributed by atoms with van der Waals surface area (Å²) in [5, 5.41) is 11.5. The molecule has 2 aromatic carbocycles. The van der Waals surface area contributed by atoms with Gasteiger partial charge in [-0.15, -0.1) is 0 Å². The van der Waals surface area contributed by atoms with Crippen LogP contribution in [0.5, 0.6) is 0 Å². The zero-order chi connectivity index (χ0) is 24.2. The zero-order valence-electron chi connectivity index (χ0n) is 16.9. The van der Waals surface area contributed by atoms with E-state index in [0.717, 1.165) is 12.3 Å². The Labute approximate surface area is 199 Å². The first-order chi connectivity index (χ1) is 15.6. The number of hydroxylamine groups is 1. The molecule has 0 unspecified atom stereocenters. The summed E-state index contributed by atoms with van der Waals surface area (Å²) >= 11 is 12.4. The summed E-state index contributed by atoms with van der Waals surface area (Å²) in [5.41, 5.74) is 2.90. The lowest BCUT2D eigenvalue weighted by atomic mass is 10.1. The van der Waals surface area contributed by atoms with Gasteiger partial charge in [0.2, 0.25) is 0 Å². The van der Waals surface area contributed by atoms with Crippen molar-refractivity contribution in [2.75, 3.05) is 11.6 Å². The summed E-state index contributed by atoms with van der Waals surface area (Å²) in [6.45, 7) is 0. The molecule has 0 atom stereocenters. The fraction of sp³-hybridized carbons (Fsp3) is 0.0476. The van der Waals surface area contributed by atoms with Crippen LogP contribution in [0.1, 0.15) is 15.9 Å². The quantitative estimate of drug-likeness (QED) is 0.263. The van der Waals surface area contributed by atoms with Gasteiger partial charge in [-0.25, -0.2) is 23.9 Å². The highest BCUT2D eigenvalue weighted by Gasteiger charge is 2.16. The minimum absolute atomic E-state index is 0.00487. The van der Waals surface area contributed by atoms with Crippen molar-refractivity contribution in [3.8, 4) is 11.4 Å². The number of sulfone groups is 1. The number of carbonyl (C=O) groups excluding carboxylic acids is 2. The summed E-state index contributed by atoms with van der Waals surface area (Å²) in [5.74, 6) is -0.969. The Hall–Kier alpha value is -3.31. The van der Waals surface area contributed by atoms with Gasteiger partial charge < -0.3 is 5.32 Å². The Morgan fingerprint density at radius 2 is 1.73 bits per heavy atom. The lowest BCUT2D eigenvalue weighted by molar-refractivity contribution is -0.124. The van der Waals surface area contributed by atoms with Crippen molar-refractivity contribution < 1.29 is 23.2 Å². The Morgan fingerprint density at radius 3 is 2.33 bits per heavy atom. The van der Waals surface area contributed by atoms with Gasteiger partial charge in [0.05, 0.1) is 20.5 Å². The lowest BCUT2D eigenvalue weighted by Crippen LogP contribution is -2.14. The predicted octanol–water partition coefficient (Wildman–Crippen LogP) is 3.62. The van der Waals surface area contributed by atoms with Crippen LogP contribution in [0.15, 0.2) is 59.8 Å². The second kappa shape index (κ2) is 10.1. The molecule has 1 heterocycles. The zero-order valence-corrected chi connectivity index (χ0v) is 19.2. The highest BCUT2D eigenvalue weighted by Crippen LogP contribution is 2.29. The van der Waals surface area contributed by atoms with Crippen molar-refractivity contribution >= 4 is 56.6 Å². The minimum atomic E-state index is -3.46. The molecule has 0 aliphatic rings. The van der Waals surface area contributed by atoms with E-state index < -0.39 is 21.7 Å². The SMILES string of the molecule is CS(=O)(=O)c1ccc(C(=O)Nc2ccc(Cl)c(-c3ncc(/C=C/C(=O)NO)cn3)c2)c(Cl)c1.